The maximum atomic E-state index is 15.3. The zero-order chi connectivity index (χ0) is 71.4. The normalized spacial score (nSPS) is 14.8. The lowest BCUT2D eigenvalue weighted by atomic mass is 9.90. The van der Waals surface area contributed by atoms with Gasteiger partial charge < -0.3 is 90.7 Å². The minimum Gasteiger partial charge on any atom is -0.494 e. The lowest BCUT2D eigenvalue weighted by molar-refractivity contribution is -0.142. The molecule has 0 heterocycles. The molecule has 0 saturated heterocycles. The Kier molecular flexibility index (Phi) is 31.5. The second-order valence-electron chi connectivity index (χ2n) is 23.5. The van der Waals surface area contributed by atoms with E-state index in [1.807, 2.05) is 57.2 Å². The maximum absolute atomic E-state index is 15.3. The summed E-state index contributed by atoms with van der Waals surface area (Å²) < 4.78 is 21.2. The fraction of sp³-hybridized carbons (Fsp3) is 0.462. The average Bonchev–Trinajstić information content (AvgIpc) is 0.822. The minimum atomic E-state index is -2.34. The first kappa shape index (κ1) is 78.6. The van der Waals surface area contributed by atoms with Crippen LogP contribution in [0.25, 0.3) is 11.1 Å². The second kappa shape index (κ2) is 38.5. The molecule has 0 spiro atoms. The molecule has 0 fully saturated rings. The van der Waals surface area contributed by atoms with Crippen LogP contribution in [0.1, 0.15) is 99.6 Å². The maximum Gasteiger partial charge on any atom is 0.305 e. The highest BCUT2D eigenvalue weighted by Crippen LogP contribution is 2.29. The van der Waals surface area contributed by atoms with Crippen molar-refractivity contribution in [3.63, 3.8) is 0 Å². The molecule has 0 unspecified atom stereocenters. The van der Waals surface area contributed by atoms with Gasteiger partial charge in [0.2, 0.25) is 53.2 Å². The Hall–Kier alpha value is -9.82. The number of halogens is 1. The van der Waals surface area contributed by atoms with Crippen molar-refractivity contribution in [3.05, 3.63) is 124 Å². The van der Waals surface area contributed by atoms with E-state index in [1.165, 1.54) is 18.2 Å². The van der Waals surface area contributed by atoms with Gasteiger partial charge in [-0.2, -0.15) is 5.10 Å². The fourth-order valence-corrected chi connectivity index (χ4v) is 10.2. The molecule has 0 radical (unpaired) electrons. The molecule has 31 heteroatoms. The summed E-state index contributed by atoms with van der Waals surface area (Å²) in [5.41, 5.74) is 28.0. The molecule has 4 rings (SSSR count). The number of aryl methyl sites for hydroxylation is 4. The molecule has 0 aromatic heterocycles. The van der Waals surface area contributed by atoms with Crippen molar-refractivity contribution in [3.8, 4) is 16.9 Å². The van der Waals surface area contributed by atoms with Gasteiger partial charge in [-0.3, -0.25) is 47.9 Å². The van der Waals surface area contributed by atoms with E-state index in [-0.39, 0.29) is 30.7 Å². The quantitative estimate of drug-likeness (QED) is 0.00651. The molecule has 4 aromatic carbocycles. The predicted molar refractivity (Wildman–Crippen MR) is 350 cm³/mol. The number of aliphatic hydroxyl groups is 3. The van der Waals surface area contributed by atoms with Crippen molar-refractivity contribution in [2.24, 2.45) is 33.3 Å². The number of hydrogen-bond acceptors (Lipinski definition) is 19. The Labute approximate surface area is 554 Å². The molecule has 30 nitrogen and oxygen atoms in total. The van der Waals surface area contributed by atoms with Gasteiger partial charge in [0.15, 0.2) is 5.84 Å². The third-order valence-electron chi connectivity index (χ3n) is 15.4. The Bertz CT molecular complexity index is 3390. The van der Waals surface area contributed by atoms with Crippen LogP contribution in [0.2, 0.25) is 0 Å². The van der Waals surface area contributed by atoms with E-state index in [9.17, 15) is 68.4 Å². The van der Waals surface area contributed by atoms with Crippen LogP contribution in [0.5, 0.6) is 5.75 Å². The standard InChI is InChI=1S/C65H90FN15O15/c1-7-41-29-44(96-24-11-10-23-67)21-22-45(41)42-19-17-39(18-20-42)28-49(59(90)73-48(57(69)88)16-12-13-40-26-35(2)25-36(3)27-40)74-60(91)50(31-54(86)87)75-61(92)51(34-82)76-62(93)55(37(4)83)78-64(95)65(6,32-43-14-8-9-15-46(43)66)79-63(94)56(38(5)84)77-53(85)33-72-58(89)47(68)30-52(80-70)81-71/h8-9,14-15,17-22,25-27,29,37-38,47-51,55-56,70,82-84H,7,10-13,16,23-24,28,30-34,67-68,71H2,1-6H3,(H2,69,88)(H,72,89)(H,73,90)(H,74,91)(H,75,92)(H,76,93)(H,77,85)(H,78,95)(H,79,94)(H,86,87)/t37-,38-,47+,48+,49+,50+,51+,55+,56+,65+/m1/s1. The summed E-state index contributed by atoms with van der Waals surface area (Å²) in [6.45, 7) is 8.07. The van der Waals surface area contributed by atoms with Gasteiger partial charge in [-0.25, -0.2) is 9.92 Å². The Balaban J connectivity index is 1.59. The highest BCUT2D eigenvalue weighted by atomic mass is 19.1. The van der Waals surface area contributed by atoms with Crippen molar-refractivity contribution in [1.29, 1.82) is 5.53 Å². The molecule has 4 aromatic rings. The number of nitrogens with one attached hydrogen (secondary N) is 9. The zero-order valence-corrected chi connectivity index (χ0v) is 54.5. The van der Waals surface area contributed by atoms with Gasteiger partial charge in [0.1, 0.15) is 53.4 Å². The molecule has 21 N–H and O–H groups in total. The van der Waals surface area contributed by atoms with Gasteiger partial charge in [-0.05, 0) is 131 Å². The van der Waals surface area contributed by atoms with Gasteiger partial charge in [-0.1, -0.05) is 84.8 Å². The lowest BCUT2D eigenvalue weighted by Gasteiger charge is -2.34. The number of hydrazone groups is 1. The number of ether oxygens (including phenoxy) is 1. The molecule has 0 aliphatic heterocycles. The number of carbonyl (C=O) groups is 10. The molecule has 0 saturated carbocycles. The third kappa shape index (κ3) is 24.8. The smallest absolute Gasteiger partial charge is 0.305 e. The average molecular weight is 1340 g/mol. The van der Waals surface area contributed by atoms with Crippen LogP contribution in [0, 0.1) is 25.2 Å². The Morgan fingerprint density at radius 2 is 1.30 bits per heavy atom. The third-order valence-corrected chi connectivity index (χ3v) is 15.4. The summed E-state index contributed by atoms with van der Waals surface area (Å²) >= 11 is 0. The highest BCUT2D eigenvalue weighted by Gasteiger charge is 2.42. The number of amides is 9. The summed E-state index contributed by atoms with van der Waals surface area (Å²) in [5.74, 6) is -7.31. The van der Waals surface area contributed by atoms with E-state index in [2.05, 4.69) is 52.7 Å². The van der Waals surface area contributed by atoms with E-state index in [0.29, 0.717) is 43.7 Å². The lowest BCUT2D eigenvalue weighted by Crippen LogP contribution is -2.67. The number of carboxylic acids is 1. The molecule has 10 atom stereocenters. The number of aliphatic hydroxyl groups excluding tert-OH is 3. The van der Waals surface area contributed by atoms with Crippen LogP contribution in [0.4, 0.5) is 4.39 Å². The van der Waals surface area contributed by atoms with Gasteiger partial charge >= 0.3 is 5.97 Å². The van der Waals surface area contributed by atoms with Gasteiger partial charge in [0.05, 0.1) is 44.4 Å². The SMILES string of the molecule is CCc1cc(OCCCCN)ccc1-c1ccc(C[C@H](NC(=O)[C@H](CC(=O)O)NC(=O)[C@H](CO)NC(=O)[C@@H](NC(=O)[C@](C)(Cc2ccccc2F)NC(=O)[C@@H](NC(=O)CNC(=O)[C@@H](N)CC(N=N)=NN)[C@@H](C)O)[C@@H](C)O)C(=O)N[C@@H](CCCc2cc(C)cc(C)c2)C(N)=O)cc1. The van der Waals surface area contributed by atoms with Crippen molar-refractivity contribution < 1.29 is 77.5 Å². The van der Waals surface area contributed by atoms with Gasteiger partial charge in [-0.15, -0.1) is 5.11 Å². The molecule has 0 bridgehead atoms. The molecule has 96 heavy (non-hydrogen) atoms. The van der Waals surface area contributed by atoms with Crippen LogP contribution in [0.3, 0.4) is 0 Å². The van der Waals surface area contributed by atoms with Crippen molar-refractivity contribution >= 4 is 65.0 Å². The number of aliphatic carboxylic acids is 1. The highest BCUT2D eigenvalue weighted by molar-refractivity contribution is 6.00. The van der Waals surface area contributed by atoms with E-state index in [1.54, 1.807) is 24.3 Å². The van der Waals surface area contributed by atoms with Crippen LogP contribution in [0.15, 0.2) is 95.1 Å². The summed E-state index contributed by atoms with van der Waals surface area (Å²) in [7, 11) is 0. The molecular weight excluding hydrogens is 1250 g/mol. The minimum absolute atomic E-state index is 0.0884. The van der Waals surface area contributed by atoms with Crippen molar-refractivity contribution in [2.75, 3.05) is 26.3 Å². The van der Waals surface area contributed by atoms with E-state index in [0.717, 1.165) is 73.1 Å². The molecule has 522 valence electrons. The Morgan fingerprint density at radius 1 is 0.698 bits per heavy atom. The Morgan fingerprint density at radius 3 is 1.89 bits per heavy atom. The summed E-state index contributed by atoms with van der Waals surface area (Å²) in [6, 6.07) is 11.5. The topological polar surface area (TPSA) is 510 Å². The zero-order valence-electron chi connectivity index (χ0n) is 54.5. The van der Waals surface area contributed by atoms with Crippen LogP contribution >= 0.6 is 0 Å². The number of amidine groups is 1. The molecule has 0 aliphatic rings. The van der Waals surface area contributed by atoms with Crippen LogP contribution < -0.4 is 70.3 Å². The first-order chi connectivity index (χ1) is 45.4. The molecule has 0 aliphatic carbocycles. The summed E-state index contributed by atoms with van der Waals surface area (Å²) in [5, 5.41) is 66.8. The number of nitrogens with two attached hydrogens (primary N) is 4. The van der Waals surface area contributed by atoms with Gasteiger partial charge in [0.25, 0.3) is 0 Å². The summed E-state index contributed by atoms with van der Waals surface area (Å²) in [6.07, 6.45) is -2.74. The number of carboxylic acid groups (broad SMARTS) is 1. The number of hydrogen-bond donors (Lipinski definition) is 17. The van der Waals surface area contributed by atoms with Crippen molar-refractivity contribution in [1.82, 2.24) is 42.5 Å². The van der Waals surface area contributed by atoms with Crippen molar-refractivity contribution in [2.45, 2.75) is 166 Å². The van der Waals surface area contributed by atoms with Crippen LogP contribution in [-0.4, -0.2) is 172 Å². The van der Waals surface area contributed by atoms with Crippen LogP contribution in [-0.2, 0) is 73.6 Å². The molecule has 9 amide bonds. The molecular formula is C65H90FN15O15. The first-order valence-electron chi connectivity index (χ1n) is 31.1. The number of nitrogens with zero attached hydrogens (tertiary/aromatic N) is 2. The van der Waals surface area contributed by atoms with E-state index in [4.69, 9.17) is 33.3 Å². The second-order valence-corrected chi connectivity index (χ2v) is 23.5. The fourth-order valence-electron chi connectivity index (χ4n) is 10.2. The predicted octanol–water partition coefficient (Wildman–Crippen LogP) is -0.768. The number of carbonyl (C=O) groups excluding carboxylic acids is 9. The van der Waals surface area contributed by atoms with E-state index >= 15 is 4.39 Å². The monoisotopic (exact) mass is 1340 g/mol. The van der Waals surface area contributed by atoms with E-state index < -0.39 is 151 Å². The number of unbranched alkanes of at least 4 members (excludes halogenated alkanes) is 1. The largest absolute Gasteiger partial charge is 0.494 e. The first-order valence-corrected chi connectivity index (χ1v) is 31.1. The number of rotatable bonds is 39. The summed E-state index contributed by atoms with van der Waals surface area (Å²) in [4.78, 5) is 136. The number of primary amides is 1. The number of benzene rings is 4. The van der Waals surface area contributed by atoms with Gasteiger partial charge in [0, 0.05) is 19.3 Å².